The Labute approximate surface area is 153 Å². The number of amides is 1. The molecule has 128 valence electrons. The third-order valence-corrected chi connectivity index (χ3v) is 4.80. The largest absolute Gasteiger partial charge is 0.352 e. The zero-order valence-corrected chi connectivity index (χ0v) is 14.6. The van der Waals surface area contributed by atoms with Crippen molar-refractivity contribution in [3.8, 4) is 0 Å². The summed E-state index contributed by atoms with van der Waals surface area (Å²) in [5.41, 5.74) is 2.35. The van der Waals surface area contributed by atoms with Crippen molar-refractivity contribution in [1.82, 2.24) is 5.32 Å². The first-order valence-corrected chi connectivity index (χ1v) is 9.01. The summed E-state index contributed by atoms with van der Waals surface area (Å²) in [6.07, 6.45) is 1.26. The minimum atomic E-state index is 0.0890. The van der Waals surface area contributed by atoms with Crippen molar-refractivity contribution in [2.45, 2.75) is 19.4 Å². The Morgan fingerprint density at radius 3 is 2.35 bits per heavy atom. The van der Waals surface area contributed by atoms with Crippen LogP contribution in [-0.4, -0.2) is 5.91 Å². The van der Waals surface area contributed by atoms with Crippen molar-refractivity contribution in [3.05, 3.63) is 96.1 Å². The summed E-state index contributed by atoms with van der Waals surface area (Å²) in [5, 5.41) is 7.92. The van der Waals surface area contributed by atoms with E-state index in [1.54, 1.807) is 0 Å². The molecule has 0 radical (unpaired) electrons. The van der Waals surface area contributed by atoms with Gasteiger partial charge in [-0.15, -0.1) is 0 Å². The fourth-order valence-electron chi connectivity index (χ4n) is 3.40. The minimum absolute atomic E-state index is 0.0890. The number of fused-ring (bicyclic) bond motifs is 2. The molecular weight excluding hydrogens is 318 g/mol. The summed E-state index contributed by atoms with van der Waals surface area (Å²) in [4.78, 5) is 12.3. The lowest BCUT2D eigenvalue weighted by Gasteiger charge is -2.08. The maximum Gasteiger partial charge on any atom is 0.220 e. The van der Waals surface area contributed by atoms with E-state index < -0.39 is 0 Å². The number of carbonyl (C=O) groups excluding carboxylic acids is 1. The van der Waals surface area contributed by atoms with Crippen molar-refractivity contribution in [2.75, 3.05) is 0 Å². The van der Waals surface area contributed by atoms with Crippen LogP contribution < -0.4 is 5.32 Å². The molecule has 2 heteroatoms. The van der Waals surface area contributed by atoms with Gasteiger partial charge in [0.05, 0.1) is 0 Å². The molecule has 2 nitrogen and oxygen atoms in total. The van der Waals surface area contributed by atoms with Crippen LogP contribution in [0.1, 0.15) is 17.5 Å². The molecule has 4 rings (SSSR count). The minimum Gasteiger partial charge on any atom is -0.352 e. The number of carbonyl (C=O) groups is 1. The van der Waals surface area contributed by atoms with Gasteiger partial charge in [-0.3, -0.25) is 4.79 Å². The zero-order valence-electron chi connectivity index (χ0n) is 14.6. The van der Waals surface area contributed by atoms with Gasteiger partial charge in [0.25, 0.3) is 0 Å². The van der Waals surface area contributed by atoms with Gasteiger partial charge in [-0.25, -0.2) is 0 Å². The standard InChI is InChI=1S/C24H21NO/c26-24(15-14-21-10-5-9-20-7-3-4-11-23(20)21)25-17-18-12-13-19-6-1-2-8-22(19)16-18/h1-13,16H,14-15,17H2,(H,25,26). The second-order valence-electron chi connectivity index (χ2n) is 6.60. The molecule has 0 fully saturated rings. The van der Waals surface area contributed by atoms with Gasteiger partial charge in [0.2, 0.25) is 5.91 Å². The highest BCUT2D eigenvalue weighted by molar-refractivity contribution is 5.86. The molecule has 26 heavy (non-hydrogen) atoms. The van der Waals surface area contributed by atoms with Crippen LogP contribution in [-0.2, 0) is 17.8 Å². The molecule has 0 heterocycles. The molecule has 0 saturated carbocycles. The van der Waals surface area contributed by atoms with Gasteiger partial charge in [-0.05, 0) is 45.2 Å². The van der Waals surface area contributed by atoms with E-state index in [2.05, 4.69) is 66.0 Å². The molecule has 0 aliphatic rings. The molecule has 0 bridgehead atoms. The second-order valence-corrected chi connectivity index (χ2v) is 6.60. The highest BCUT2D eigenvalue weighted by atomic mass is 16.1. The van der Waals surface area contributed by atoms with E-state index in [1.165, 1.54) is 27.1 Å². The molecule has 0 aliphatic carbocycles. The van der Waals surface area contributed by atoms with Crippen LogP contribution in [0.5, 0.6) is 0 Å². The molecule has 4 aromatic rings. The highest BCUT2D eigenvalue weighted by Crippen LogP contribution is 2.20. The average molecular weight is 339 g/mol. The maximum absolute atomic E-state index is 12.3. The Morgan fingerprint density at radius 1 is 0.731 bits per heavy atom. The molecule has 0 saturated heterocycles. The van der Waals surface area contributed by atoms with Crippen LogP contribution in [0.15, 0.2) is 84.9 Å². The number of benzene rings is 4. The average Bonchev–Trinajstić information content (AvgIpc) is 2.70. The normalized spacial score (nSPS) is 10.9. The number of hydrogen-bond acceptors (Lipinski definition) is 1. The van der Waals surface area contributed by atoms with Crippen LogP contribution in [0.2, 0.25) is 0 Å². The molecule has 0 atom stereocenters. The van der Waals surface area contributed by atoms with Crippen molar-refractivity contribution >= 4 is 27.5 Å². The van der Waals surface area contributed by atoms with E-state index >= 15 is 0 Å². The van der Waals surface area contributed by atoms with Crippen molar-refractivity contribution in [2.24, 2.45) is 0 Å². The lowest BCUT2D eigenvalue weighted by atomic mass is 10.0. The molecular formula is C24H21NO. The number of nitrogens with one attached hydrogen (secondary N) is 1. The summed E-state index contributed by atoms with van der Waals surface area (Å²) < 4.78 is 0. The number of hydrogen-bond donors (Lipinski definition) is 1. The summed E-state index contributed by atoms with van der Waals surface area (Å²) in [7, 11) is 0. The first-order valence-electron chi connectivity index (χ1n) is 9.01. The van der Waals surface area contributed by atoms with Crippen LogP contribution in [0.25, 0.3) is 21.5 Å². The monoisotopic (exact) mass is 339 g/mol. The van der Waals surface area contributed by atoms with Gasteiger partial charge in [0.1, 0.15) is 0 Å². The first-order chi connectivity index (χ1) is 12.8. The summed E-state index contributed by atoms with van der Waals surface area (Å²) in [6.45, 7) is 0.569. The molecule has 4 aromatic carbocycles. The molecule has 0 unspecified atom stereocenters. The van der Waals surface area contributed by atoms with E-state index in [1.807, 2.05) is 24.3 Å². The van der Waals surface area contributed by atoms with E-state index in [9.17, 15) is 4.79 Å². The quantitative estimate of drug-likeness (QED) is 0.529. The molecule has 0 spiro atoms. The van der Waals surface area contributed by atoms with E-state index in [-0.39, 0.29) is 5.91 Å². The molecule has 1 amide bonds. The predicted molar refractivity (Wildman–Crippen MR) is 108 cm³/mol. The van der Waals surface area contributed by atoms with Gasteiger partial charge in [0, 0.05) is 13.0 Å². The summed E-state index contributed by atoms with van der Waals surface area (Å²) in [6, 6.07) is 29.2. The molecule has 0 aromatic heterocycles. The molecule has 0 aliphatic heterocycles. The van der Waals surface area contributed by atoms with Crippen LogP contribution in [0.4, 0.5) is 0 Å². The second kappa shape index (κ2) is 7.40. The van der Waals surface area contributed by atoms with Gasteiger partial charge in [0.15, 0.2) is 0 Å². The van der Waals surface area contributed by atoms with Crippen molar-refractivity contribution < 1.29 is 4.79 Å². The summed E-state index contributed by atoms with van der Waals surface area (Å²) >= 11 is 0. The van der Waals surface area contributed by atoms with Crippen molar-refractivity contribution in [1.29, 1.82) is 0 Å². The maximum atomic E-state index is 12.3. The van der Waals surface area contributed by atoms with E-state index in [4.69, 9.17) is 0 Å². The molecule has 1 N–H and O–H groups in total. The predicted octanol–water partition coefficient (Wildman–Crippen LogP) is 5.24. The van der Waals surface area contributed by atoms with Gasteiger partial charge >= 0.3 is 0 Å². The fraction of sp³-hybridized carbons (Fsp3) is 0.125. The van der Waals surface area contributed by atoms with Gasteiger partial charge in [-0.1, -0.05) is 78.9 Å². The lowest BCUT2D eigenvalue weighted by molar-refractivity contribution is -0.121. The first kappa shape index (κ1) is 16.3. The zero-order chi connectivity index (χ0) is 17.8. The Balaban J connectivity index is 1.37. The SMILES string of the molecule is O=C(CCc1cccc2ccccc12)NCc1ccc2ccccc2c1. The van der Waals surface area contributed by atoms with Crippen LogP contribution in [0.3, 0.4) is 0 Å². The third kappa shape index (κ3) is 3.60. The Kier molecular flexibility index (Phi) is 4.65. The number of rotatable bonds is 5. The van der Waals surface area contributed by atoms with Crippen LogP contribution in [0, 0.1) is 0 Å². The Hall–Kier alpha value is -3.13. The fourth-order valence-corrected chi connectivity index (χ4v) is 3.40. The van der Waals surface area contributed by atoms with Crippen LogP contribution >= 0.6 is 0 Å². The lowest BCUT2D eigenvalue weighted by Crippen LogP contribution is -2.23. The Morgan fingerprint density at radius 2 is 1.46 bits per heavy atom. The smallest absolute Gasteiger partial charge is 0.220 e. The van der Waals surface area contributed by atoms with Gasteiger partial charge in [-0.2, -0.15) is 0 Å². The third-order valence-electron chi connectivity index (χ3n) is 4.80. The van der Waals surface area contributed by atoms with E-state index in [0.717, 1.165) is 12.0 Å². The highest BCUT2D eigenvalue weighted by Gasteiger charge is 2.05. The van der Waals surface area contributed by atoms with Gasteiger partial charge < -0.3 is 5.32 Å². The number of aryl methyl sites for hydroxylation is 1. The van der Waals surface area contributed by atoms with Crippen molar-refractivity contribution in [3.63, 3.8) is 0 Å². The Bertz CT molecular complexity index is 1060. The summed E-state index contributed by atoms with van der Waals surface area (Å²) in [5.74, 6) is 0.0890. The topological polar surface area (TPSA) is 29.1 Å². The van der Waals surface area contributed by atoms with E-state index in [0.29, 0.717) is 13.0 Å².